The molecule has 4 heteroatoms. The predicted molar refractivity (Wildman–Crippen MR) is 483 cm³/mol. The lowest BCUT2D eigenvalue weighted by molar-refractivity contribution is 0.590. The summed E-state index contributed by atoms with van der Waals surface area (Å²) in [7, 11) is 0. The number of fused-ring (bicyclic) bond motifs is 9. The normalized spacial score (nSPS) is 14.1. The standard InChI is InChI=1S/C107H112BN3/c1-100(2,3)76-37-28-67(29-38-76)72-56-73(68-30-39-77(40-31-68)101(4,5)6)59-85(58-72)109(84-51-53-89-90-52-36-71-26-24-25-27-88(71)98(90)107(22,23)91(89)64-84)87-65-96-99-97(66-87)111(86-60-74(69-32-41-78(42-33-69)102(7,8)9)57-75(61-86)70-34-43-79(44-35-70)103(10,11)12)95-55-48-82(106(19,20)21)63-93(95)108(99)92-62-81(105(16,17)18)47-54-94(92)110(96)83-49-45-80(46-50-83)104(13,14)15/h24-66H,1-23H3. The van der Waals surface area contributed by atoms with Crippen molar-refractivity contribution in [2.75, 3.05) is 14.7 Å². The van der Waals surface area contributed by atoms with Crippen molar-refractivity contribution in [3.8, 4) is 55.6 Å². The maximum absolute atomic E-state index is 2.68. The van der Waals surface area contributed by atoms with Crippen molar-refractivity contribution in [3.63, 3.8) is 0 Å². The van der Waals surface area contributed by atoms with Gasteiger partial charge in [-0.3, -0.25) is 0 Å². The van der Waals surface area contributed by atoms with Crippen molar-refractivity contribution < 1.29 is 0 Å². The summed E-state index contributed by atoms with van der Waals surface area (Å²) >= 11 is 0. The van der Waals surface area contributed by atoms with Crippen LogP contribution < -0.4 is 31.1 Å². The van der Waals surface area contributed by atoms with Gasteiger partial charge in [0.25, 0.3) is 6.71 Å². The fourth-order valence-corrected chi connectivity index (χ4v) is 17.7. The molecule has 0 unspecified atom stereocenters. The van der Waals surface area contributed by atoms with E-state index < -0.39 is 0 Å². The molecule has 2 aliphatic heterocycles. The van der Waals surface area contributed by atoms with Gasteiger partial charge in [-0.15, -0.1) is 0 Å². The summed E-state index contributed by atoms with van der Waals surface area (Å²) in [6.45, 7) is 53.7. The van der Waals surface area contributed by atoms with Crippen molar-refractivity contribution in [1.29, 1.82) is 0 Å². The minimum absolute atomic E-state index is 0.0127. The lowest BCUT2D eigenvalue weighted by atomic mass is 9.33. The Bertz CT molecular complexity index is 5650. The van der Waals surface area contributed by atoms with Gasteiger partial charge in [-0.1, -0.05) is 335 Å². The summed E-state index contributed by atoms with van der Waals surface area (Å²) in [5.74, 6) is 0. The fraction of sp³-hybridized carbons (Fsp3) is 0.290. The third-order valence-electron chi connectivity index (χ3n) is 24.5. The largest absolute Gasteiger partial charge is 0.311 e. The molecule has 0 aromatic heterocycles. The van der Waals surface area contributed by atoms with Crippen molar-refractivity contribution in [3.05, 3.63) is 311 Å². The molecule has 13 aromatic rings. The monoisotopic (exact) mass is 1450 g/mol. The van der Waals surface area contributed by atoms with Gasteiger partial charge in [0.1, 0.15) is 0 Å². The molecular weight excluding hydrogens is 1340 g/mol. The van der Waals surface area contributed by atoms with Gasteiger partial charge in [-0.05, 0) is 256 Å². The van der Waals surface area contributed by atoms with Crippen LogP contribution in [0.25, 0.3) is 66.4 Å². The number of rotatable bonds is 9. The third kappa shape index (κ3) is 13.5. The van der Waals surface area contributed by atoms with Gasteiger partial charge >= 0.3 is 0 Å². The fourth-order valence-electron chi connectivity index (χ4n) is 17.7. The van der Waals surface area contributed by atoms with Crippen molar-refractivity contribution in [2.24, 2.45) is 0 Å². The van der Waals surface area contributed by atoms with Crippen molar-refractivity contribution in [2.45, 2.75) is 203 Å². The number of benzene rings is 13. The van der Waals surface area contributed by atoms with Crippen LogP contribution in [-0.4, -0.2) is 6.71 Å². The SMILES string of the molecule is CC(C)(C)c1ccc(-c2cc(-c3ccc(C(C)(C)C)cc3)cc(N(c3cc4c5c(c3)N(c3cc(-c6ccc(C(C)(C)C)cc6)cc(-c6ccc(C(C)(C)C)cc6)c3)c3ccc(C(C)(C)C)cc3B5c3cc(C(C)(C)C)ccc3N4c3ccc(C(C)(C)C)cc3)c3ccc4c(c3)C(C)(C)c3c-4ccc4ccccc34)c2)cc1. The number of hydrogen-bond acceptors (Lipinski definition) is 3. The molecule has 0 saturated heterocycles. The highest BCUT2D eigenvalue weighted by molar-refractivity contribution is 7.00. The second kappa shape index (κ2) is 26.4. The highest BCUT2D eigenvalue weighted by Gasteiger charge is 2.46. The minimum Gasteiger partial charge on any atom is -0.311 e. The quantitative estimate of drug-likeness (QED) is 0.133. The van der Waals surface area contributed by atoms with Gasteiger partial charge in [-0.2, -0.15) is 0 Å². The van der Waals surface area contributed by atoms with Crippen LogP contribution in [0.3, 0.4) is 0 Å². The molecule has 1 aliphatic carbocycles. The summed E-state index contributed by atoms with van der Waals surface area (Å²) in [5.41, 5.74) is 36.9. The number of nitrogens with zero attached hydrogens (tertiary/aromatic N) is 3. The van der Waals surface area contributed by atoms with Crippen LogP contribution in [0.5, 0.6) is 0 Å². The molecule has 0 amide bonds. The first-order valence-corrected chi connectivity index (χ1v) is 40.6. The van der Waals surface area contributed by atoms with Crippen LogP contribution in [0.15, 0.2) is 261 Å². The van der Waals surface area contributed by atoms with E-state index in [1.54, 1.807) is 0 Å². The van der Waals surface area contributed by atoms with Crippen molar-refractivity contribution in [1.82, 2.24) is 0 Å². The van der Waals surface area contributed by atoms with Crippen molar-refractivity contribution >= 4 is 85.1 Å². The molecule has 111 heavy (non-hydrogen) atoms. The maximum atomic E-state index is 2.68. The number of hydrogen-bond donors (Lipinski definition) is 0. The summed E-state index contributed by atoms with van der Waals surface area (Å²) in [6.07, 6.45) is 0. The van der Waals surface area contributed by atoms with E-state index in [1.165, 1.54) is 122 Å². The minimum atomic E-state index is -0.347. The van der Waals surface area contributed by atoms with E-state index in [0.717, 1.165) is 62.1 Å². The summed E-state index contributed by atoms with van der Waals surface area (Å²) in [5, 5.41) is 2.57. The average molecular weight is 1450 g/mol. The molecule has 0 saturated carbocycles. The molecule has 558 valence electrons. The van der Waals surface area contributed by atoms with Crippen LogP contribution in [0, 0.1) is 0 Å². The van der Waals surface area contributed by atoms with Crippen LogP contribution in [0.1, 0.15) is 209 Å². The Morgan fingerprint density at radius 3 is 1.03 bits per heavy atom. The Morgan fingerprint density at radius 2 is 0.622 bits per heavy atom. The molecule has 0 atom stereocenters. The van der Waals surface area contributed by atoms with E-state index >= 15 is 0 Å². The molecule has 3 nitrogen and oxygen atoms in total. The van der Waals surface area contributed by atoms with Crippen LogP contribution >= 0.6 is 0 Å². The average Bonchev–Trinajstić information content (AvgIpc) is 1.60. The van der Waals surface area contributed by atoms with E-state index in [-0.39, 0.29) is 50.0 Å². The first kappa shape index (κ1) is 74.7. The van der Waals surface area contributed by atoms with E-state index in [1.807, 2.05) is 0 Å². The zero-order valence-corrected chi connectivity index (χ0v) is 70.2. The molecule has 0 spiro atoms. The summed E-state index contributed by atoms with van der Waals surface area (Å²) < 4.78 is 0. The molecule has 2 heterocycles. The molecule has 0 bridgehead atoms. The highest BCUT2D eigenvalue weighted by Crippen LogP contribution is 2.56. The predicted octanol–water partition coefficient (Wildman–Crippen LogP) is 28.4. The van der Waals surface area contributed by atoms with E-state index in [4.69, 9.17) is 0 Å². The van der Waals surface area contributed by atoms with Gasteiger partial charge in [0.2, 0.25) is 0 Å². The van der Waals surface area contributed by atoms with Gasteiger partial charge in [0, 0.05) is 50.9 Å². The Hall–Kier alpha value is -10.4. The zero-order chi connectivity index (χ0) is 78.8. The molecule has 0 N–H and O–H groups in total. The lowest BCUT2D eigenvalue weighted by Gasteiger charge is -2.46. The van der Waals surface area contributed by atoms with E-state index in [9.17, 15) is 0 Å². The Labute approximate surface area is 664 Å². The lowest BCUT2D eigenvalue weighted by Crippen LogP contribution is -2.61. The van der Waals surface area contributed by atoms with Gasteiger partial charge in [0.15, 0.2) is 0 Å². The molecule has 16 rings (SSSR count). The topological polar surface area (TPSA) is 9.72 Å². The van der Waals surface area contributed by atoms with Gasteiger partial charge in [0.05, 0.1) is 5.69 Å². The van der Waals surface area contributed by atoms with Gasteiger partial charge < -0.3 is 14.7 Å². The van der Waals surface area contributed by atoms with Crippen LogP contribution in [0.4, 0.5) is 51.2 Å². The van der Waals surface area contributed by atoms with Crippen LogP contribution in [0.2, 0.25) is 0 Å². The Balaban J connectivity index is 1.06. The molecular formula is C107H112BN3. The molecule has 3 aliphatic rings. The third-order valence-corrected chi connectivity index (χ3v) is 24.5. The molecule has 13 aromatic carbocycles. The van der Waals surface area contributed by atoms with E-state index in [0.29, 0.717) is 0 Å². The maximum Gasteiger partial charge on any atom is 0.252 e. The number of anilines is 9. The second-order valence-corrected chi connectivity index (χ2v) is 40.1. The summed E-state index contributed by atoms with van der Waals surface area (Å²) in [6, 6.07) is 103. The first-order valence-electron chi connectivity index (χ1n) is 40.6. The Morgan fingerprint density at radius 1 is 0.270 bits per heavy atom. The molecule has 0 radical (unpaired) electrons. The zero-order valence-electron chi connectivity index (χ0n) is 70.2. The highest BCUT2D eigenvalue weighted by atomic mass is 15.2. The van der Waals surface area contributed by atoms with Gasteiger partial charge in [-0.25, -0.2) is 0 Å². The summed E-state index contributed by atoms with van der Waals surface area (Å²) in [4.78, 5) is 7.95. The second-order valence-electron chi connectivity index (χ2n) is 40.1. The van der Waals surface area contributed by atoms with Crippen LogP contribution in [-0.2, 0) is 43.3 Å². The first-order chi connectivity index (χ1) is 52.2. The molecule has 0 fully saturated rings. The Kier molecular flexibility index (Phi) is 17.7. The van der Waals surface area contributed by atoms with E-state index in [2.05, 4.69) is 435 Å². The smallest absolute Gasteiger partial charge is 0.252 e.